The molecule has 1 saturated carbocycles. The molecule has 0 aromatic carbocycles. The van der Waals surface area contributed by atoms with Crippen LogP contribution in [0.3, 0.4) is 0 Å². The number of amides is 2. The Kier molecular flexibility index (Phi) is 5.56. The zero-order valence-electron chi connectivity index (χ0n) is 14.5. The summed E-state index contributed by atoms with van der Waals surface area (Å²) in [6.07, 6.45) is 6.70. The molecule has 24 heavy (non-hydrogen) atoms. The Morgan fingerprint density at radius 3 is 2.79 bits per heavy atom. The lowest BCUT2D eigenvalue weighted by Gasteiger charge is -2.41. The number of carbonyl (C=O) groups is 1. The number of aromatic nitrogens is 1. The highest BCUT2D eigenvalue weighted by Crippen LogP contribution is 2.42. The minimum Gasteiger partial charge on any atom is -0.378 e. The SMILES string of the molecule is CCC1(CNC(=O)NCc2ccnc(N3CCOCC3)c2)CCC1. The summed E-state index contributed by atoms with van der Waals surface area (Å²) in [7, 11) is 0. The van der Waals surface area contributed by atoms with E-state index >= 15 is 0 Å². The molecule has 2 N–H and O–H groups in total. The maximum Gasteiger partial charge on any atom is 0.315 e. The van der Waals surface area contributed by atoms with Crippen molar-refractivity contribution < 1.29 is 9.53 Å². The first-order chi connectivity index (χ1) is 11.7. The third-order valence-electron chi connectivity index (χ3n) is 5.39. The third kappa shape index (κ3) is 4.17. The molecule has 6 nitrogen and oxygen atoms in total. The first kappa shape index (κ1) is 17.0. The molecule has 1 aromatic heterocycles. The van der Waals surface area contributed by atoms with E-state index in [1.807, 2.05) is 12.1 Å². The molecule has 2 amide bonds. The number of pyridine rings is 1. The van der Waals surface area contributed by atoms with Gasteiger partial charge in [-0.3, -0.25) is 0 Å². The van der Waals surface area contributed by atoms with Crippen LogP contribution in [0.1, 0.15) is 38.2 Å². The van der Waals surface area contributed by atoms with Crippen LogP contribution in [-0.2, 0) is 11.3 Å². The van der Waals surface area contributed by atoms with Gasteiger partial charge in [0.1, 0.15) is 5.82 Å². The van der Waals surface area contributed by atoms with Crippen molar-refractivity contribution in [2.45, 2.75) is 39.2 Å². The van der Waals surface area contributed by atoms with Crippen LogP contribution < -0.4 is 15.5 Å². The molecule has 2 heterocycles. The Morgan fingerprint density at radius 2 is 2.12 bits per heavy atom. The zero-order valence-corrected chi connectivity index (χ0v) is 14.5. The highest BCUT2D eigenvalue weighted by Gasteiger charge is 2.35. The largest absolute Gasteiger partial charge is 0.378 e. The Hall–Kier alpha value is -1.82. The molecule has 1 aliphatic carbocycles. The van der Waals surface area contributed by atoms with Crippen molar-refractivity contribution >= 4 is 11.8 Å². The molecule has 2 aliphatic rings. The predicted octanol–water partition coefficient (Wildman–Crippen LogP) is 2.30. The van der Waals surface area contributed by atoms with Gasteiger partial charge in [0.25, 0.3) is 0 Å². The normalized spacial score (nSPS) is 19.5. The first-order valence-electron chi connectivity index (χ1n) is 9.00. The number of carbonyl (C=O) groups excluding carboxylic acids is 1. The molecule has 1 saturated heterocycles. The second-order valence-corrected chi connectivity index (χ2v) is 6.87. The van der Waals surface area contributed by atoms with Crippen LogP contribution in [0.4, 0.5) is 10.6 Å². The number of nitrogens with zero attached hydrogens (tertiary/aromatic N) is 2. The van der Waals surface area contributed by atoms with E-state index in [9.17, 15) is 4.79 Å². The molecule has 0 bridgehead atoms. The lowest BCUT2D eigenvalue weighted by molar-refractivity contribution is 0.122. The maximum atomic E-state index is 12.0. The number of hydrogen-bond acceptors (Lipinski definition) is 4. The summed E-state index contributed by atoms with van der Waals surface area (Å²) >= 11 is 0. The molecule has 0 atom stereocenters. The van der Waals surface area contributed by atoms with Gasteiger partial charge >= 0.3 is 6.03 Å². The van der Waals surface area contributed by atoms with E-state index in [2.05, 4.69) is 27.4 Å². The van der Waals surface area contributed by atoms with Crippen molar-refractivity contribution in [3.63, 3.8) is 0 Å². The highest BCUT2D eigenvalue weighted by molar-refractivity contribution is 5.73. The average molecular weight is 332 g/mol. The molecule has 2 fully saturated rings. The minimum atomic E-state index is -0.0838. The zero-order chi connectivity index (χ0) is 16.8. The van der Waals surface area contributed by atoms with Gasteiger partial charge in [-0.2, -0.15) is 0 Å². The number of urea groups is 1. The number of ether oxygens (including phenoxy) is 1. The number of anilines is 1. The van der Waals surface area contributed by atoms with Crippen LogP contribution in [0.2, 0.25) is 0 Å². The Morgan fingerprint density at radius 1 is 1.33 bits per heavy atom. The molecule has 0 spiro atoms. The van der Waals surface area contributed by atoms with E-state index < -0.39 is 0 Å². The second kappa shape index (κ2) is 7.83. The van der Waals surface area contributed by atoms with Gasteiger partial charge in [-0.05, 0) is 42.4 Å². The first-order valence-corrected chi connectivity index (χ1v) is 9.00. The van der Waals surface area contributed by atoms with E-state index in [1.54, 1.807) is 6.20 Å². The van der Waals surface area contributed by atoms with Crippen molar-refractivity contribution in [1.82, 2.24) is 15.6 Å². The fraction of sp³-hybridized carbons (Fsp3) is 0.667. The second-order valence-electron chi connectivity index (χ2n) is 6.87. The minimum absolute atomic E-state index is 0.0838. The van der Waals surface area contributed by atoms with Crippen LogP contribution in [0.25, 0.3) is 0 Å². The summed E-state index contributed by atoms with van der Waals surface area (Å²) < 4.78 is 5.37. The Bertz CT molecular complexity index is 548. The van der Waals surface area contributed by atoms with Gasteiger partial charge in [0.15, 0.2) is 0 Å². The Balaban J connectivity index is 1.46. The summed E-state index contributed by atoms with van der Waals surface area (Å²) in [4.78, 5) is 18.7. The molecular formula is C18H28N4O2. The van der Waals surface area contributed by atoms with Crippen LogP contribution in [-0.4, -0.2) is 43.9 Å². The summed E-state index contributed by atoms with van der Waals surface area (Å²) in [6, 6.07) is 3.91. The summed E-state index contributed by atoms with van der Waals surface area (Å²) in [6.45, 7) is 6.73. The van der Waals surface area contributed by atoms with Crippen LogP contribution in [0, 0.1) is 5.41 Å². The van der Waals surface area contributed by atoms with Gasteiger partial charge in [0.2, 0.25) is 0 Å². The molecule has 6 heteroatoms. The number of nitrogens with one attached hydrogen (secondary N) is 2. The van der Waals surface area contributed by atoms with Gasteiger partial charge in [0, 0.05) is 32.4 Å². The number of morpholine rings is 1. The summed E-state index contributed by atoms with van der Waals surface area (Å²) in [5, 5.41) is 5.98. The van der Waals surface area contributed by atoms with E-state index in [-0.39, 0.29) is 6.03 Å². The van der Waals surface area contributed by atoms with E-state index in [1.165, 1.54) is 19.3 Å². The van der Waals surface area contributed by atoms with E-state index in [0.717, 1.165) is 50.7 Å². The van der Waals surface area contributed by atoms with Crippen molar-refractivity contribution in [2.24, 2.45) is 5.41 Å². The Labute approximate surface area is 144 Å². The van der Waals surface area contributed by atoms with Crippen LogP contribution in [0.5, 0.6) is 0 Å². The van der Waals surface area contributed by atoms with Gasteiger partial charge < -0.3 is 20.3 Å². The summed E-state index contributed by atoms with van der Waals surface area (Å²) in [5.74, 6) is 0.956. The van der Waals surface area contributed by atoms with Gasteiger partial charge in [0.05, 0.1) is 13.2 Å². The van der Waals surface area contributed by atoms with Gasteiger partial charge in [-0.25, -0.2) is 9.78 Å². The van der Waals surface area contributed by atoms with Crippen LogP contribution >= 0.6 is 0 Å². The standard InChI is InChI=1S/C18H28N4O2/c1-2-18(5-3-6-18)14-21-17(23)20-13-15-4-7-19-16(12-15)22-8-10-24-11-9-22/h4,7,12H,2-3,5-6,8-11,13-14H2,1H3,(H2,20,21,23). The quantitative estimate of drug-likeness (QED) is 0.839. The molecule has 1 aliphatic heterocycles. The monoisotopic (exact) mass is 332 g/mol. The summed E-state index contributed by atoms with van der Waals surface area (Å²) in [5.41, 5.74) is 1.41. The number of rotatable bonds is 6. The lowest BCUT2D eigenvalue weighted by Crippen LogP contribution is -2.45. The van der Waals surface area contributed by atoms with Crippen molar-refractivity contribution in [2.75, 3.05) is 37.7 Å². The van der Waals surface area contributed by atoms with Gasteiger partial charge in [-0.15, -0.1) is 0 Å². The fourth-order valence-electron chi connectivity index (χ4n) is 3.38. The molecule has 0 radical (unpaired) electrons. The fourth-order valence-corrected chi connectivity index (χ4v) is 3.38. The molecule has 132 valence electrons. The highest BCUT2D eigenvalue weighted by atomic mass is 16.5. The molecule has 3 rings (SSSR count). The average Bonchev–Trinajstić information content (AvgIpc) is 2.60. The lowest BCUT2D eigenvalue weighted by atomic mass is 9.67. The van der Waals surface area contributed by atoms with Gasteiger partial charge in [-0.1, -0.05) is 13.3 Å². The van der Waals surface area contributed by atoms with Crippen LogP contribution in [0.15, 0.2) is 18.3 Å². The smallest absolute Gasteiger partial charge is 0.315 e. The van der Waals surface area contributed by atoms with E-state index in [0.29, 0.717) is 12.0 Å². The van der Waals surface area contributed by atoms with Crippen molar-refractivity contribution in [3.05, 3.63) is 23.9 Å². The molecule has 1 aromatic rings. The number of hydrogen-bond donors (Lipinski definition) is 2. The molecular weight excluding hydrogens is 304 g/mol. The third-order valence-corrected chi connectivity index (χ3v) is 5.39. The van der Waals surface area contributed by atoms with Crippen molar-refractivity contribution in [3.8, 4) is 0 Å². The predicted molar refractivity (Wildman–Crippen MR) is 94.1 cm³/mol. The maximum absolute atomic E-state index is 12.0. The molecule has 0 unspecified atom stereocenters. The van der Waals surface area contributed by atoms with E-state index in [4.69, 9.17) is 4.74 Å². The topological polar surface area (TPSA) is 66.5 Å². The van der Waals surface area contributed by atoms with Crippen molar-refractivity contribution in [1.29, 1.82) is 0 Å².